The lowest BCUT2D eigenvalue weighted by Crippen LogP contribution is -2.42. The molecule has 1 heterocycles. The summed E-state index contributed by atoms with van der Waals surface area (Å²) in [7, 11) is 1.36. The second-order valence-electron chi connectivity index (χ2n) is 7.62. The standard InChI is InChI=1S/C20H31N3O4S/c1-6-23(10-16(24)21-12(2)3)11-17(25)22-19-18(20(26)27-5)14-8-7-13(4)9-15(14)28-19/h12-13H,6-11H2,1-5H3,(H,21,24)(H,22,25)/t13-/m1/s1. The zero-order valence-electron chi connectivity index (χ0n) is 17.4. The molecular formula is C20H31N3O4S. The van der Waals surface area contributed by atoms with E-state index in [1.165, 1.54) is 18.4 Å². The van der Waals surface area contributed by atoms with Crippen LogP contribution in [0.15, 0.2) is 0 Å². The average Bonchev–Trinajstić information content (AvgIpc) is 2.96. The molecule has 1 atom stereocenters. The normalized spacial score (nSPS) is 16.0. The Bertz CT molecular complexity index is 729. The van der Waals surface area contributed by atoms with Gasteiger partial charge in [0.05, 0.1) is 25.8 Å². The Labute approximate surface area is 170 Å². The summed E-state index contributed by atoms with van der Waals surface area (Å²) in [5.74, 6) is -0.197. The van der Waals surface area contributed by atoms with E-state index in [1.54, 1.807) is 4.90 Å². The van der Waals surface area contributed by atoms with Crippen molar-refractivity contribution in [3.8, 4) is 0 Å². The number of nitrogens with one attached hydrogen (secondary N) is 2. The molecule has 0 radical (unpaired) electrons. The lowest BCUT2D eigenvalue weighted by molar-refractivity contribution is -0.123. The number of hydrogen-bond acceptors (Lipinski definition) is 6. The molecule has 1 aromatic rings. The minimum absolute atomic E-state index is 0.0578. The van der Waals surface area contributed by atoms with Crippen molar-refractivity contribution in [3.05, 3.63) is 16.0 Å². The van der Waals surface area contributed by atoms with E-state index in [0.29, 0.717) is 23.0 Å². The molecule has 0 bridgehead atoms. The van der Waals surface area contributed by atoms with Gasteiger partial charge in [0, 0.05) is 10.9 Å². The number of thiophene rings is 1. The van der Waals surface area contributed by atoms with Crippen LogP contribution in [0.4, 0.5) is 5.00 Å². The predicted molar refractivity (Wildman–Crippen MR) is 111 cm³/mol. The number of fused-ring (bicyclic) bond motifs is 1. The summed E-state index contributed by atoms with van der Waals surface area (Å²) in [6.07, 6.45) is 2.76. The molecule has 0 saturated heterocycles. The third-order valence-corrected chi connectivity index (χ3v) is 5.96. The van der Waals surface area contributed by atoms with E-state index in [2.05, 4.69) is 17.6 Å². The van der Waals surface area contributed by atoms with E-state index in [4.69, 9.17) is 4.74 Å². The summed E-state index contributed by atoms with van der Waals surface area (Å²) in [4.78, 5) is 39.8. The summed E-state index contributed by atoms with van der Waals surface area (Å²) in [6.45, 7) is 8.71. The summed E-state index contributed by atoms with van der Waals surface area (Å²) in [6, 6.07) is 0.0578. The fraction of sp³-hybridized carbons (Fsp3) is 0.650. The molecule has 0 spiro atoms. The highest BCUT2D eigenvalue weighted by molar-refractivity contribution is 7.17. The third kappa shape index (κ3) is 5.78. The maximum absolute atomic E-state index is 12.6. The Kier molecular flexibility index (Phi) is 8.00. The molecule has 0 aliphatic heterocycles. The van der Waals surface area contributed by atoms with Crippen LogP contribution in [0.5, 0.6) is 0 Å². The molecule has 2 rings (SSSR count). The molecule has 8 heteroatoms. The van der Waals surface area contributed by atoms with Gasteiger partial charge < -0.3 is 15.4 Å². The van der Waals surface area contributed by atoms with E-state index in [1.807, 2.05) is 20.8 Å². The second-order valence-corrected chi connectivity index (χ2v) is 8.73. The Balaban J connectivity index is 2.10. The van der Waals surface area contributed by atoms with E-state index >= 15 is 0 Å². The fourth-order valence-corrected chi connectivity index (χ4v) is 4.79. The number of likely N-dealkylation sites (N-methyl/N-ethyl adjacent to an activating group) is 1. The molecule has 1 aliphatic rings. The van der Waals surface area contributed by atoms with Crippen LogP contribution in [0.25, 0.3) is 0 Å². The van der Waals surface area contributed by atoms with Crippen molar-refractivity contribution < 1.29 is 19.1 Å². The van der Waals surface area contributed by atoms with Crippen molar-refractivity contribution >= 4 is 34.1 Å². The largest absolute Gasteiger partial charge is 0.465 e. The van der Waals surface area contributed by atoms with Crippen LogP contribution in [0.1, 0.15) is 54.9 Å². The SMILES string of the molecule is CCN(CC(=O)Nc1sc2c(c1C(=O)OC)CC[C@@H](C)C2)CC(=O)NC(C)C. The van der Waals surface area contributed by atoms with E-state index in [9.17, 15) is 14.4 Å². The fourth-order valence-electron chi connectivity index (χ4n) is 3.38. The van der Waals surface area contributed by atoms with Gasteiger partial charge in [0.2, 0.25) is 11.8 Å². The van der Waals surface area contributed by atoms with Gasteiger partial charge >= 0.3 is 5.97 Å². The van der Waals surface area contributed by atoms with Gasteiger partial charge in [-0.2, -0.15) is 0 Å². The highest BCUT2D eigenvalue weighted by Crippen LogP contribution is 2.40. The van der Waals surface area contributed by atoms with Crippen LogP contribution >= 0.6 is 11.3 Å². The van der Waals surface area contributed by atoms with Crippen molar-refractivity contribution in [2.75, 3.05) is 32.1 Å². The van der Waals surface area contributed by atoms with Crippen LogP contribution < -0.4 is 10.6 Å². The number of esters is 1. The molecule has 1 aromatic heterocycles. The van der Waals surface area contributed by atoms with Gasteiger partial charge in [0.15, 0.2) is 0 Å². The van der Waals surface area contributed by atoms with Gasteiger partial charge in [0.1, 0.15) is 5.00 Å². The number of anilines is 1. The first-order valence-electron chi connectivity index (χ1n) is 9.79. The molecular weight excluding hydrogens is 378 g/mol. The van der Waals surface area contributed by atoms with Crippen molar-refractivity contribution in [2.45, 2.75) is 53.0 Å². The van der Waals surface area contributed by atoms with Crippen LogP contribution in [0.2, 0.25) is 0 Å². The maximum Gasteiger partial charge on any atom is 0.341 e. The molecule has 0 saturated carbocycles. The van der Waals surface area contributed by atoms with Crippen LogP contribution in [-0.4, -0.2) is 55.5 Å². The molecule has 0 unspecified atom stereocenters. The Hall–Kier alpha value is -1.93. The zero-order chi connectivity index (χ0) is 20.8. The molecule has 28 heavy (non-hydrogen) atoms. The molecule has 156 valence electrons. The zero-order valence-corrected chi connectivity index (χ0v) is 18.2. The van der Waals surface area contributed by atoms with E-state index in [0.717, 1.165) is 29.7 Å². The van der Waals surface area contributed by atoms with Crippen LogP contribution in [-0.2, 0) is 27.2 Å². The van der Waals surface area contributed by atoms with Crippen LogP contribution in [0.3, 0.4) is 0 Å². The number of carbonyl (C=O) groups is 3. The summed E-state index contributed by atoms with van der Waals surface area (Å²) < 4.78 is 4.95. The number of ether oxygens (including phenoxy) is 1. The molecule has 2 amide bonds. The molecule has 2 N–H and O–H groups in total. The predicted octanol–water partition coefficient (Wildman–Crippen LogP) is 2.44. The maximum atomic E-state index is 12.6. The number of methoxy groups -OCH3 is 1. The van der Waals surface area contributed by atoms with E-state index in [-0.39, 0.29) is 30.9 Å². The van der Waals surface area contributed by atoms with Crippen molar-refractivity contribution in [3.63, 3.8) is 0 Å². The summed E-state index contributed by atoms with van der Waals surface area (Å²) in [5.41, 5.74) is 1.50. The Morgan fingerprint density at radius 1 is 1.25 bits per heavy atom. The van der Waals surface area contributed by atoms with Crippen molar-refractivity contribution in [1.82, 2.24) is 10.2 Å². The number of nitrogens with zero attached hydrogens (tertiary/aromatic N) is 1. The van der Waals surface area contributed by atoms with E-state index < -0.39 is 5.97 Å². The monoisotopic (exact) mass is 409 g/mol. The Morgan fingerprint density at radius 3 is 2.54 bits per heavy atom. The topological polar surface area (TPSA) is 87.7 Å². The van der Waals surface area contributed by atoms with Gasteiger partial charge in [-0.15, -0.1) is 11.3 Å². The highest BCUT2D eigenvalue weighted by Gasteiger charge is 2.29. The quantitative estimate of drug-likeness (QED) is 0.644. The first kappa shape index (κ1) is 22.4. The smallest absolute Gasteiger partial charge is 0.341 e. The minimum Gasteiger partial charge on any atom is -0.465 e. The molecule has 1 aliphatic carbocycles. The van der Waals surface area contributed by atoms with Crippen molar-refractivity contribution in [2.24, 2.45) is 5.92 Å². The van der Waals surface area contributed by atoms with Gasteiger partial charge in [-0.05, 0) is 51.1 Å². The minimum atomic E-state index is -0.411. The van der Waals surface area contributed by atoms with Gasteiger partial charge in [-0.3, -0.25) is 14.5 Å². The lowest BCUT2D eigenvalue weighted by atomic mass is 9.88. The summed E-state index contributed by atoms with van der Waals surface area (Å²) >= 11 is 1.46. The van der Waals surface area contributed by atoms with Gasteiger partial charge in [0.25, 0.3) is 0 Å². The second kappa shape index (κ2) is 10.0. The van der Waals surface area contributed by atoms with Crippen LogP contribution in [0, 0.1) is 5.92 Å². The lowest BCUT2D eigenvalue weighted by Gasteiger charge is -2.20. The number of rotatable bonds is 8. The molecule has 0 aromatic carbocycles. The van der Waals surface area contributed by atoms with Gasteiger partial charge in [-0.25, -0.2) is 4.79 Å². The molecule has 0 fully saturated rings. The highest BCUT2D eigenvalue weighted by atomic mass is 32.1. The first-order chi connectivity index (χ1) is 13.2. The Morgan fingerprint density at radius 2 is 1.93 bits per heavy atom. The molecule has 7 nitrogen and oxygen atoms in total. The number of amides is 2. The first-order valence-corrected chi connectivity index (χ1v) is 10.6. The van der Waals surface area contributed by atoms with Gasteiger partial charge in [-0.1, -0.05) is 13.8 Å². The number of carbonyl (C=O) groups excluding carboxylic acids is 3. The third-order valence-electron chi connectivity index (χ3n) is 4.79. The summed E-state index contributed by atoms with van der Waals surface area (Å²) in [5, 5.41) is 6.26. The number of hydrogen-bond donors (Lipinski definition) is 2. The average molecular weight is 410 g/mol. The van der Waals surface area contributed by atoms with Crippen molar-refractivity contribution in [1.29, 1.82) is 0 Å².